The number of nitrogens with zero attached hydrogens (tertiary/aromatic N) is 1. The third-order valence-electron chi connectivity index (χ3n) is 4.83. The Hall–Kier alpha value is -3.79. The van der Waals surface area contributed by atoms with Crippen LogP contribution in [0.15, 0.2) is 35.9 Å². The number of hydrogen-bond acceptors (Lipinski definition) is 6. The van der Waals surface area contributed by atoms with Crippen molar-refractivity contribution in [3.8, 4) is 23.3 Å². The fraction of sp³-hybridized carbons (Fsp3) is 0.320. The number of nitriles is 1. The number of carbonyl (C=O) groups excluding carboxylic acids is 2. The van der Waals surface area contributed by atoms with E-state index in [0.29, 0.717) is 23.6 Å². The van der Waals surface area contributed by atoms with Gasteiger partial charge in [-0.05, 0) is 67.7 Å². The zero-order chi connectivity index (χ0) is 23.7. The monoisotopic (exact) mass is 436 g/mol. The van der Waals surface area contributed by atoms with Crippen molar-refractivity contribution in [2.24, 2.45) is 0 Å². The Morgan fingerprint density at radius 3 is 2.47 bits per heavy atom. The number of carbonyl (C=O) groups is 2. The third-order valence-corrected chi connectivity index (χ3v) is 4.83. The van der Waals surface area contributed by atoms with Gasteiger partial charge in [0.05, 0.1) is 7.11 Å². The van der Waals surface area contributed by atoms with Crippen LogP contribution in [-0.4, -0.2) is 32.1 Å². The standard InChI is InChI=1S/C25H28N2O5/c1-6-11-27-25(29)20(14-26)12-19-9-10-21(22(13-19)30-5)32-23(28)15-31-24-17(3)8-7-16(2)18(24)4/h7-10,12-13H,6,11,15H2,1-5H3,(H,27,29)/b20-12+. The third kappa shape index (κ3) is 6.35. The highest BCUT2D eigenvalue weighted by molar-refractivity contribution is 6.01. The number of aryl methyl sites for hydroxylation is 2. The normalized spacial score (nSPS) is 10.8. The van der Waals surface area contributed by atoms with E-state index in [1.165, 1.54) is 13.2 Å². The molecule has 7 heteroatoms. The first-order chi connectivity index (χ1) is 15.3. The number of nitrogens with one attached hydrogen (secondary N) is 1. The van der Waals surface area contributed by atoms with E-state index < -0.39 is 11.9 Å². The number of methoxy groups -OCH3 is 1. The second kappa shape index (κ2) is 11.6. The summed E-state index contributed by atoms with van der Waals surface area (Å²) in [5.74, 6) is 0.150. The summed E-state index contributed by atoms with van der Waals surface area (Å²) >= 11 is 0. The first-order valence-corrected chi connectivity index (χ1v) is 10.3. The Morgan fingerprint density at radius 1 is 1.09 bits per heavy atom. The summed E-state index contributed by atoms with van der Waals surface area (Å²) in [6.07, 6.45) is 2.22. The quantitative estimate of drug-likeness (QED) is 0.276. The minimum atomic E-state index is -0.580. The Labute approximate surface area is 188 Å². The van der Waals surface area contributed by atoms with E-state index in [1.54, 1.807) is 18.2 Å². The van der Waals surface area contributed by atoms with Gasteiger partial charge in [-0.3, -0.25) is 4.79 Å². The van der Waals surface area contributed by atoms with Gasteiger partial charge in [0, 0.05) is 6.54 Å². The number of benzene rings is 2. The van der Waals surface area contributed by atoms with Crippen LogP contribution in [0, 0.1) is 32.1 Å². The molecule has 0 fully saturated rings. The van der Waals surface area contributed by atoms with E-state index in [2.05, 4.69) is 5.32 Å². The van der Waals surface area contributed by atoms with Crippen LogP contribution in [0.3, 0.4) is 0 Å². The van der Waals surface area contributed by atoms with E-state index in [-0.39, 0.29) is 17.9 Å². The van der Waals surface area contributed by atoms with Crippen molar-refractivity contribution in [2.45, 2.75) is 34.1 Å². The van der Waals surface area contributed by atoms with Crippen LogP contribution in [0.1, 0.15) is 35.6 Å². The molecule has 0 spiro atoms. The molecule has 0 aliphatic rings. The van der Waals surface area contributed by atoms with Gasteiger partial charge in [0.15, 0.2) is 18.1 Å². The van der Waals surface area contributed by atoms with E-state index in [4.69, 9.17) is 14.2 Å². The van der Waals surface area contributed by atoms with Crippen molar-refractivity contribution in [2.75, 3.05) is 20.3 Å². The van der Waals surface area contributed by atoms with Crippen molar-refractivity contribution in [3.63, 3.8) is 0 Å². The van der Waals surface area contributed by atoms with Crippen LogP contribution in [-0.2, 0) is 9.59 Å². The van der Waals surface area contributed by atoms with Gasteiger partial charge in [-0.25, -0.2) is 4.79 Å². The van der Waals surface area contributed by atoms with Gasteiger partial charge >= 0.3 is 5.97 Å². The molecule has 0 saturated heterocycles. The molecule has 0 saturated carbocycles. The summed E-state index contributed by atoms with van der Waals surface area (Å²) in [6.45, 7) is 7.99. The molecule has 2 aromatic rings. The van der Waals surface area contributed by atoms with Crippen LogP contribution < -0.4 is 19.5 Å². The molecule has 0 aromatic heterocycles. The van der Waals surface area contributed by atoms with Crippen molar-refractivity contribution in [3.05, 3.63) is 58.2 Å². The molecular formula is C25H28N2O5. The summed E-state index contributed by atoms with van der Waals surface area (Å²) < 4.78 is 16.4. The molecule has 0 bridgehead atoms. The summed E-state index contributed by atoms with van der Waals surface area (Å²) in [5.41, 5.74) is 3.52. The second-order valence-corrected chi connectivity index (χ2v) is 7.25. The number of amides is 1. The average Bonchev–Trinajstić information content (AvgIpc) is 2.79. The molecule has 0 radical (unpaired) electrons. The minimum absolute atomic E-state index is 0.0254. The molecule has 0 aliphatic heterocycles. The molecule has 0 atom stereocenters. The van der Waals surface area contributed by atoms with Crippen molar-refractivity contribution < 1.29 is 23.8 Å². The number of esters is 1. The largest absolute Gasteiger partial charge is 0.493 e. The van der Waals surface area contributed by atoms with Gasteiger partial charge in [-0.15, -0.1) is 0 Å². The molecule has 1 N–H and O–H groups in total. The molecule has 0 unspecified atom stereocenters. The maximum absolute atomic E-state index is 12.3. The SMILES string of the molecule is CCCNC(=O)/C(C#N)=C/c1ccc(OC(=O)COc2c(C)ccc(C)c2C)c(OC)c1. The number of rotatable bonds is 9. The van der Waals surface area contributed by atoms with Gasteiger partial charge in [-0.1, -0.05) is 25.1 Å². The predicted octanol–water partition coefficient (Wildman–Crippen LogP) is 4.04. The number of hydrogen-bond donors (Lipinski definition) is 1. The Bertz CT molecular complexity index is 1070. The van der Waals surface area contributed by atoms with Crippen LogP contribution >= 0.6 is 0 Å². The summed E-state index contributed by atoms with van der Waals surface area (Å²) in [6, 6.07) is 10.6. The molecule has 168 valence electrons. The van der Waals surface area contributed by atoms with E-state index in [0.717, 1.165) is 23.1 Å². The first kappa shape index (κ1) is 24.5. The molecule has 0 heterocycles. The summed E-state index contributed by atoms with van der Waals surface area (Å²) in [7, 11) is 1.44. The first-order valence-electron chi connectivity index (χ1n) is 10.3. The maximum Gasteiger partial charge on any atom is 0.349 e. The van der Waals surface area contributed by atoms with Gasteiger partial charge in [0.1, 0.15) is 17.4 Å². The fourth-order valence-corrected chi connectivity index (χ4v) is 2.94. The van der Waals surface area contributed by atoms with Gasteiger partial charge in [0.2, 0.25) is 0 Å². The molecule has 7 nitrogen and oxygen atoms in total. The van der Waals surface area contributed by atoms with E-state index in [1.807, 2.05) is 45.9 Å². The molecule has 1 amide bonds. The van der Waals surface area contributed by atoms with E-state index in [9.17, 15) is 14.9 Å². The maximum atomic E-state index is 12.3. The van der Waals surface area contributed by atoms with Crippen LogP contribution in [0.5, 0.6) is 17.2 Å². The zero-order valence-corrected chi connectivity index (χ0v) is 19.1. The minimum Gasteiger partial charge on any atom is -0.493 e. The number of ether oxygens (including phenoxy) is 3. The topological polar surface area (TPSA) is 97.7 Å². The van der Waals surface area contributed by atoms with Crippen molar-refractivity contribution >= 4 is 18.0 Å². The van der Waals surface area contributed by atoms with Crippen LogP contribution in [0.2, 0.25) is 0 Å². The predicted molar refractivity (Wildman–Crippen MR) is 122 cm³/mol. The van der Waals surface area contributed by atoms with Crippen LogP contribution in [0.4, 0.5) is 0 Å². The van der Waals surface area contributed by atoms with Gasteiger partial charge < -0.3 is 19.5 Å². The summed E-state index contributed by atoms with van der Waals surface area (Å²) in [5, 5.41) is 11.9. The smallest absolute Gasteiger partial charge is 0.349 e. The average molecular weight is 437 g/mol. The molecule has 2 rings (SSSR count). The second-order valence-electron chi connectivity index (χ2n) is 7.25. The Kier molecular flexibility index (Phi) is 8.84. The molecule has 0 aliphatic carbocycles. The highest BCUT2D eigenvalue weighted by Gasteiger charge is 2.15. The van der Waals surface area contributed by atoms with Crippen molar-refractivity contribution in [1.29, 1.82) is 5.26 Å². The van der Waals surface area contributed by atoms with Gasteiger partial charge in [0.25, 0.3) is 5.91 Å². The lowest BCUT2D eigenvalue weighted by molar-refractivity contribution is -0.136. The zero-order valence-electron chi connectivity index (χ0n) is 19.1. The van der Waals surface area contributed by atoms with Crippen LogP contribution in [0.25, 0.3) is 6.08 Å². The Morgan fingerprint density at radius 2 is 1.81 bits per heavy atom. The summed E-state index contributed by atoms with van der Waals surface area (Å²) in [4.78, 5) is 24.4. The molecular weight excluding hydrogens is 408 g/mol. The van der Waals surface area contributed by atoms with Crippen molar-refractivity contribution in [1.82, 2.24) is 5.32 Å². The molecule has 32 heavy (non-hydrogen) atoms. The lowest BCUT2D eigenvalue weighted by atomic mass is 10.1. The Balaban J connectivity index is 2.12. The fourth-order valence-electron chi connectivity index (χ4n) is 2.94. The van der Waals surface area contributed by atoms with Gasteiger partial charge in [-0.2, -0.15) is 5.26 Å². The van der Waals surface area contributed by atoms with E-state index >= 15 is 0 Å². The lowest BCUT2D eigenvalue weighted by Gasteiger charge is -2.14. The lowest BCUT2D eigenvalue weighted by Crippen LogP contribution is -2.25. The highest BCUT2D eigenvalue weighted by Crippen LogP contribution is 2.30. The highest BCUT2D eigenvalue weighted by atomic mass is 16.6. The molecule has 2 aromatic carbocycles.